The summed E-state index contributed by atoms with van der Waals surface area (Å²) in [5, 5.41) is 4.24. The van der Waals surface area contributed by atoms with E-state index in [0.29, 0.717) is 0 Å². The van der Waals surface area contributed by atoms with E-state index in [-0.39, 0.29) is 0 Å². The lowest BCUT2D eigenvalue weighted by Crippen LogP contribution is -2.06. The zero-order valence-corrected chi connectivity index (χ0v) is 10.9. The second kappa shape index (κ2) is 5.84. The minimum Gasteiger partial charge on any atom is -0.316 e. The Hall–Kier alpha value is -1.32. The fourth-order valence-corrected chi connectivity index (χ4v) is 2.44. The van der Waals surface area contributed by atoms with E-state index in [2.05, 4.69) is 47.6 Å². The van der Waals surface area contributed by atoms with Crippen molar-refractivity contribution in [3.63, 3.8) is 0 Å². The number of benzene rings is 1. The normalized spacial score (nSPS) is 10.5. The third-order valence-electron chi connectivity index (χ3n) is 2.45. The molecule has 2 nitrogen and oxygen atoms in total. The number of hydrogen-bond acceptors (Lipinski definition) is 3. The summed E-state index contributed by atoms with van der Waals surface area (Å²) in [5.41, 5.74) is 2.52. The number of pyridine rings is 1. The molecule has 1 heterocycles. The van der Waals surface area contributed by atoms with Gasteiger partial charge in [0, 0.05) is 17.6 Å². The monoisotopic (exact) mass is 244 g/mol. The van der Waals surface area contributed by atoms with E-state index in [1.807, 2.05) is 19.3 Å². The predicted octanol–water partition coefficient (Wildman–Crippen LogP) is 3.26. The highest BCUT2D eigenvalue weighted by atomic mass is 32.2. The van der Waals surface area contributed by atoms with Crippen LogP contribution in [0.25, 0.3) is 0 Å². The van der Waals surface area contributed by atoms with Gasteiger partial charge in [-0.05, 0) is 37.7 Å². The molecule has 2 rings (SSSR count). The molecule has 0 bridgehead atoms. The van der Waals surface area contributed by atoms with Crippen LogP contribution in [0.5, 0.6) is 0 Å². The molecule has 0 saturated heterocycles. The van der Waals surface area contributed by atoms with E-state index < -0.39 is 0 Å². The molecule has 3 heteroatoms. The quantitative estimate of drug-likeness (QED) is 0.893. The fraction of sp³-hybridized carbons (Fsp3) is 0.214. The maximum absolute atomic E-state index is 4.44. The molecule has 0 aliphatic heterocycles. The van der Waals surface area contributed by atoms with Crippen molar-refractivity contribution in [3.8, 4) is 0 Å². The van der Waals surface area contributed by atoms with Crippen LogP contribution in [0.1, 0.15) is 11.1 Å². The molecule has 0 atom stereocenters. The highest BCUT2D eigenvalue weighted by Gasteiger charge is 2.04. The molecule has 1 N–H and O–H groups in total. The van der Waals surface area contributed by atoms with E-state index in [1.54, 1.807) is 11.8 Å². The summed E-state index contributed by atoms with van der Waals surface area (Å²) in [4.78, 5) is 5.67. The zero-order valence-electron chi connectivity index (χ0n) is 10.1. The highest BCUT2D eigenvalue weighted by molar-refractivity contribution is 7.99. The lowest BCUT2D eigenvalue weighted by atomic mass is 10.2. The smallest absolute Gasteiger partial charge is 0.105 e. The standard InChI is InChI=1S/C14H16N2S/c1-11-5-7-13(8-6-11)17-14-12(10-15-2)4-3-9-16-14/h3-9,15H,10H2,1-2H3. The van der Waals surface area contributed by atoms with Gasteiger partial charge in [0.1, 0.15) is 5.03 Å². The molecule has 0 radical (unpaired) electrons. The second-order valence-corrected chi connectivity index (χ2v) is 4.98. The third-order valence-corrected chi connectivity index (χ3v) is 3.52. The molecule has 0 spiro atoms. The average molecular weight is 244 g/mol. The molecule has 0 fully saturated rings. The molecule has 0 amide bonds. The number of nitrogens with one attached hydrogen (secondary N) is 1. The van der Waals surface area contributed by atoms with Crippen molar-refractivity contribution in [2.75, 3.05) is 7.05 Å². The van der Waals surface area contributed by atoms with E-state index in [4.69, 9.17) is 0 Å². The first-order chi connectivity index (χ1) is 8.29. The van der Waals surface area contributed by atoms with Crippen molar-refractivity contribution in [1.82, 2.24) is 10.3 Å². The zero-order chi connectivity index (χ0) is 12.1. The van der Waals surface area contributed by atoms with Crippen LogP contribution in [-0.4, -0.2) is 12.0 Å². The van der Waals surface area contributed by atoms with Crippen LogP contribution in [0.4, 0.5) is 0 Å². The summed E-state index contributed by atoms with van der Waals surface area (Å²) in [6.45, 7) is 2.95. The predicted molar refractivity (Wildman–Crippen MR) is 72.3 cm³/mol. The first-order valence-corrected chi connectivity index (χ1v) is 6.44. The van der Waals surface area contributed by atoms with Crippen molar-refractivity contribution in [2.24, 2.45) is 0 Å². The number of rotatable bonds is 4. The molecule has 1 aromatic heterocycles. The number of aromatic nitrogens is 1. The third kappa shape index (κ3) is 3.32. The second-order valence-electron chi connectivity index (χ2n) is 3.91. The Balaban J connectivity index is 2.20. The van der Waals surface area contributed by atoms with Crippen molar-refractivity contribution in [3.05, 3.63) is 53.7 Å². The topological polar surface area (TPSA) is 24.9 Å². The maximum atomic E-state index is 4.44. The minimum atomic E-state index is 0.849. The SMILES string of the molecule is CNCc1cccnc1Sc1ccc(C)cc1. The van der Waals surface area contributed by atoms with Gasteiger partial charge < -0.3 is 5.32 Å². The van der Waals surface area contributed by atoms with Gasteiger partial charge in [-0.3, -0.25) is 0 Å². The summed E-state index contributed by atoms with van der Waals surface area (Å²) < 4.78 is 0. The van der Waals surface area contributed by atoms with E-state index >= 15 is 0 Å². The number of hydrogen-bond donors (Lipinski definition) is 1. The molecule has 17 heavy (non-hydrogen) atoms. The van der Waals surface area contributed by atoms with Gasteiger partial charge in [0.25, 0.3) is 0 Å². The van der Waals surface area contributed by atoms with Gasteiger partial charge in [-0.15, -0.1) is 0 Å². The van der Waals surface area contributed by atoms with Crippen LogP contribution in [0, 0.1) is 6.92 Å². The Morgan fingerprint density at radius 1 is 1.18 bits per heavy atom. The van der Waals surface area contributed by atoms with Gasteiger partial charge in [0.15, 0.2) is 0 Å². The van der Waals surface area contributed by atoms with E-state index in [0.717, 1.165) is 11.6 Å². The summed E-state index contributed by atoms with van der Waals surface area (Å²) in [5.74, 6) is 0. The molecule has 88 valence electrons. The van der Waals surface area contributed by atoms with Crippen LogP contribution in [0.3, 0.4) is 0 Å². The Bertz CT molecular complexity index is 480. The summed E-state index contributed by atoms with van der Waals surface area (Å²) in [7, 11) is 1.95. The summed E-state index contributed by atoms with van der Waals surface area (Å²) in [6, 6.07) is 12.6. The van der Waals surface area contributed by atoms with E-state index in [1.165, 1.54) is 16.0 Å². The maximum Gasteiger partial charge on any atom is 0.105 e. The van der Waals surface area contributed by atoms with Crippen molar-refractivity contribution in [2.45, 2.75) is 23.4 Å². The first kappa shape index (κ1) is 12.1. The van der Waals surface area contributed by atoms with Crippen molar-refractivity contribution >= 4 is 11.8 Å². The van der Waals surface area contributed by atoms with Crippen LogP contribution in [0.15, 0.2) is 52.5 Å². The van der Waals surface area contributed by atoms with E-state index in [9.17, 15) is 0 Å². The molecule has 0 unspecified atom stereocenters. The van der Waals surface area contributed by atoms with Gasteiger partial charge in [-0.25, -0.2) is 4.98 Å². The number of nitrogens with zero attached hydrogens (tertiary/aromatic N) is 1. The molecular weight excluding hydrogens is 228 g/mol. The Morgan fingerprint density at radius 2 is 1.94 bits per heavy atom. The summed E-state index contributed by atoms with van der Waals surface area (Å²) in [6.07, 6.45) is 1.84. The first-order valence-electron chi connectivity index (χ1n) is 5.62. The van der Waals surface area contributed by atoms with Crippen molar-refractivity contribution < 1.29 is 0 Å². The highest BCUT2D eigenvalue weighted by Crippen LogP contribution is 2.28. The minimum absolute atomic E-state index is 0.849. The molecule has 0 aliphatic carbocycles. The van der Waals surface area contributed by atoms with Gasteiger partial charge in [-0.2, -0.15) is 0 Å². The fourth-order valence-electron chi connectivity index (χ4n) is 1.56. The van der Waals surface area contributed by atoms with Crippen molar-refractivity contribution in [1.29, 1.82) is 0 Å². The molecule has 0 aliphatic rings. The molecule has 1 aromatic carbocycles. The average Bonchev–Trinajstić information content (AvgIpc) is 2.35. The van der Waals surface area contributed by atoms with Crippen LogP contribution in [0.2, 0.25) is 0 Å². The largest absolute Gasteiger partial charge is 0.316 e. The van der Waals surface area contributed by atoms with Gasteiger partial charge in [0.05, 0.1) is 0 Å². The summed E-state index contributed by atoms with van der Waals surface area (Å²) >= 11 is 1.71. The van der Waals surface area contributed by atoms with Gasteiger partial charge >= 0.3 is 0 Å². The lowest BCUT2D eigenvalue weighted by molar-refractivity contribution is 0.790. The van der Waals surface area contributed by atoms with Gasteiger partial charge in [-0.1, -0.05) is 35.5 Å². The molecule has 2 aromatic rings. The Labute approximate surface area is 106 Å². The Kier molecular flexibility index (Phi) is 4.18. The molecule has 0 saturated carbocycles. The number of aryl methyl sites for hydroxylation is 1. The Morgan fingerprint density at radius 3 is 2.65 bits per heavy atom. The van der Waals surface area contributed by atoms with Crippen LogP contribution >= 0.6 is 11.8 Å². The van der Waals surface area contributed by atoms with Crippen LogP contribution in [-0.2, 0) is 6.54 Å². The lowest BCUT2D eigenvalue weighted by Gasteiger charge is -2.07. The molecular formula is C14H16N2S. The van der Waals surface area contributed by atoms with Crippen LogP contribution < -0.4 is 5.32 Å². The van der Waals surface area contributed by atoms with Gasteiger partial charge in [0.2, 0.25) is 0 Å².